The van der Waals surface area contributed by atoms with Crippen LogP contribution >= 0.6 is 27.3 Å². The Morgan fingerprint density at radius 2 is 2.43 bits per heavy atom. The third-order valence-electron chi connectivity index (χ3n) is 2.16. The van der Waals surface area contributed by atoms with Crippen LogP contribution in [0.2, 0.25) is 0 Å². The first-order valence-electron chi connectivity index (χ1n) is 4.42. The molecule has 2 nitrogen and oxygen atoms in total. The molecule has 0 amide bonds. The zero-order chi connectivity index (χ0) is 9.97. The van der Waals surface area contributed by atoms with Crippen molar-refractivity contribution in [1.82, 2.24) is 9.97 Å². The molecule has 0 radical (unpaired) electrons. The van der Waals surface area contributed by atoms with Crippen molar-refractivity contribution in [2.24, 2.45) is 0 Å². The van der Waals surface area contributed by atoms with Crippen LogP contribution in [0.3, 0.4) is 0 Å². The quantitative estimate of drug-likeness (QED) is 0.851. The Labute approximate surface area is 95.5 Å². The molecule has 2 aromatic rings. The Kier molecular flexibility index (Phi) is 3.03. The second kappa shape index (κ2) is 4.28. The van der Waals surface area contributed by atoms with E-state index in [0.717, 1.165) is 12.2 Å². The van der Waals surface area contributed by atoms with Gasteiger partial charge in [-0.25, -0.2) is 4.98 Å². The van der Waals surface area contributed by atoms with Gasteiger partial charge in [0.1, 0.15) is 5.82 Å². The smallest absolute Gasteiger partial charge is 0.107 e. The van der Waals surface area contributed by atoms with Crippen molar-refractivity contribution < 1.29 is 0 Å². The summed E-state index contributed by atoms with van der Waals surface area (Å²) in [6.45, 7) is 2.14. The van der Waals surface area contributed by atoms with Crippen LogP contribution < -0.4 is 0 Å². The van der Waals surface area contributed by atoms with Gasteiger partial charge in [0.05, 0.1) is 0 Å². The van der Waals surface area contributed by atoms with E-state index in [2.05, 4.69) is 43.6 Å². The second-order valence-corrected chi connectivity index (χ2v) is 5.07. The molecule has 0 aliphatic carbocycles. The molecule has 0 fully saturated rings. The van der Waals surface area contributed by atoms with Crippen LogP contribution in [0.25, 0.3) is 0 Å². The molecule has 74 valence electrons. The number of aromatic amines is 1. The largest absolute Gasteiger partial charge is 0.349 e. The minimum absolute atomic E-state index is 0.361. The van der Waals surface area contributed by atoms with Gasteiger partial charge in [-0.05, 0) is 28.8 Å². The molecule has 2 heterocycles. The molecule has 4 heteroatoms. The van der Waals surface area contributed by atoms with Gasteiger partial charge in [0, 0.05) is 23.6 Å². The predicted molar refractivity (Wildman–Crippen MR) is 63.0 cm³/mol. The summed E-state index contributed by atoms with van der Waals surface area (Å²) in [7, 11) is 0. The number of H-pyrrole nitrogens is 1. The molecule has 0 aromatic carbocycles. The standard InChI is InChI=1S/C10H11BrN2S/c1-7-5-14-6-8(7)9(11)4-10-12-2-3-13-10/h2-3,5-6,9H,4H2,1H3,(H,12,13). The van der Waals surface area contributed by atoms with Crippen molar-refractivity contribution >= 4 is 27.3 Å². The van der Waals surface area contributed by atoms with Crippen LogP contribution in [0, 0.1) is 6.92 Å². The van der Waals surface area contributed by atoms with Gasteiger partial charge >= 0.3 is 0 Å². The van der Waals surface area contributed by atoms with Crippen LogP contribution in [0.5, 0.6) is 0 Å². The molecular weight excluding hydrogens is 260 g/mol. The number of aryl methyl sites for hydroxylation is 1. The summed E-state index contributed by atoms with van der Waals surface area (Å²) in [6.07, 6.45) is 4.55. The van der Waals surface area contributed by atoms with Crippen LogP contribution in [-0.2, 0) is 6.42 Å². The van der Waals surface area contributed by atoms with Crippen molar-refractivity contribution in [2.45, 2.75) is 18.2 Å². The van der Waals surface area contributed by atoms with Crippen molar-refractivity contribution in [3.8, 4) is 0 Å². The summed E-state index contributed by atoms with van der Waals surface area (Å²) in [5.74, 6) is 1.03. The molecule has 0 bridgehead atoms. The number of halogens is 1. The Bertz CT molecular complexity index is 394. The minimum atomic E-state index is 0.361. The summed E-state index contributed by atoms with van der Waals surface area (Å²) in [5, 5.41) is 4.36. The average Bonchev–Trinajstić information content (AvgIpc) is 2.75. The molecule has 2 rings (SSSR count). The zero-order valence-electron chi connectivity index (χ0n) is 7.83. The lowest BCUT2D eigenvalue weighted by atomic mass is 10.1. The fourth-order valence-electron chi connectivity index (χ4n) is 1.38. The molecule has 0 saturated heterocycles. The SMILES string of the molecule is Cc1cscc1C(Br)Cc1ncc[nH]1. The summed E-state index contributed by atoms with van der Waals surface area (Å²) >= 11 is 5.43. The number of nitrogens with zero attached hydrogens (tertiary/aromatic N) is 1. The molecule has 1 atom stereocenters. The van der Waals surface area contributed by atoms with Crippen molar-refractivity contribution in [1.29, 1.82) is 0 Å². The average molecular weight is 271 g/mol. The number of hydrogen-bond acceptors (Lipinski definition) is 2. The first kappa shape index (κ1) is 9.93. The van der Waals surface area contributed by atoms with Crippen LogP contribution in [0.4, 0.5) is 0 Å². The Balaban J connectivity index is 2.10. The number of thiophene rings is 1. The van der Waals surface area contributed by atoms with Gasteiger partial charge in [0.15, 0.2) is 0 Å². The fraction of sp³-hybridized carbons (Fsp3) is 0.300. The molecule has 2 aromatic heterocycles. The third-order valence-corrected chi connectivity index (χ3v) is 3.86. The van der Waals surface area contributed by atoms with E-state index in [1.54, 1.807) is 17.5 Å². The maximum Gasteiger partial charge on any atom is 0.107 e. The third kappa shape index (κ3) is 2.07. The highest BCUT2D eigenvalue weighted by molar-refractivity contribution is 9.09. The van der Waals surface area contributed by atoms with Crippen molar-refractivity contribution in [3.63, 3.8) is 0 Å². The van der Waals surface area contributed by atoms with Gasteiger partial charge in [-0.3, -0.25) is 0 Å². The first-order valence-corrected chi connectivity index (χ1v) is 6.28. The van der Waals surface area contributed by atoms with Crippen LogP contribution in [0.15, 0.2) is 23.2 Å². The number of aromatic nitrogens is 2. The molecule has 0 saturated carbocycles. The maximum atomic E-state index is 4.21. The highest BCUT2D eigenvalue weighted by Gasteiger charge is 2.12. The van der Waals surface area contributed by atoms with E-state index in [9.17, 15) is 0 Å². The highest BCUT2D eigenvalue weighted by Crippen LogP contribution is 2.30. The summed E-state index contributed by atoms with van der Waals surface area (Å²) < 4.78 is 0. The Morgan fingerprint density at radius 3 is 3.00 bits per heavy atom. The van der Waals surface area contributed by atoms with E-state index in [1.165, 1.54) is 11.1 Å². The maximum absolute atomic E-state index is 4.21. The van der Waals surface area contributed by atoms with Gasteiger partial charge in [0.2, 0.25) is 0 Å². The Hall–Kier alpha value is -0.610. The van der Waals surface area contributed by atoms with Crippen LogP contribution in [0.1, 0.15) is 21.8 Å². The summed E-state index contributed by atoms with van der Waals surface area (Å²) in [6, 6.07) is 0. The fourth-order valence-corrected chi connectivity index (χ4v) is 3.26. The first-order chi connectivity index (χ1) is 6.77. The van der Waals surface area contributed by atoms with E-state index in [0.29, 0.717) is 4.83 Å². The number of imidazole rings is 1. The molecular formula is C10H11BrN2S. The number of nitrogens with one attached hydrogen (secondary N) is 1. The van der Waals surface area contributed by atoms with Gasteiger partial charge in [0.25, 0.3) is 0 Å². The Morgan fingerprint density at radius 1 is 1.57 bits per heavy atom. The van der Waals surface area contributed by atoms with Crippen molar-refractivity contribution in [3.05, 3.63) is 40.1 Å². The monoisotopic (exact) mass is 270 g/mol. The number of hydrogen-bond donors (Lipinski definition) is 1. The van der Waals surface area contributed by atoms with Crippen molar-refractivity contribution in [2.75, 3.05) is 0 Å². The van der Waals surface area contributed by atoms with Gasteiger partial charge in [-0.15, -0.1) is 0 Å². The number of alkyl halides is 1. The summed E-state index contributed by atoms with van der Waals surface area (Å²) in [5.41, 5.74) is 2.72. The molecule has 0 aliphatic rings. The van der Waals surface area contributed by atoms with E-state index < -0.39 is 0 Å². The predicted octanol–water partition coefficient (Wildman–Crippen LogP) is 3.46. The zero-order valence-corrected chi connectivity index (χ0v) is 10.2. The highest BCUT2D eigenvalue weighted by atomic mass is 79.9. The van der Waals surface area contributed by atoms with Gasteiger partial charge in [-0.1, -0.05) is 15.9 Å². The van der Waals surface area contributed by atoms with E-state index in [1.807, 2.05) is 6.20 Å². The molecule has 1 unspecified atom stereocenters. The van der Waals surface area contributed by atoms with E-state index >= 15 is 0 Å². The van der Waals surface area contributed by atoms with E-state index in [-0.39, 0.29) is 0 Å². The lowest BCUT2D eigenvalue weighted by Crippen LogP contribution is -1.97. The lowest BCUT2D eigenvalue weighted by Gasteiger charge is -2.07. The van der Waals surface area contributed by atoms with Gasteiger partial charge in [-0.2, -0.15) is 11.3 Å². The van der Waals surface area contributed by atoms with E-state index in [4.69, 9.17) is 0 Å². The summed E-state index contributed by atoms with van der Waals surface area (Å²) in [4.78, 5) is 7.69. The molecule has 14 heavy (non-hydrogen) atoms. The van der Waals surface area contributed by atoms with Crippen LogP contribution in [-0.4, -0.2) is 9.97 Å². The number of rotatable bonds is 3. The molecule has 0 spiro atoms. The normalized spacial score (nSPS) is 13.0. The topological polar surface area (TPSA) is 28.7 Å². The molecule has 0 aliphatic heterocycles. The molecule has 1 N–H and O–H groups in total. The van der Waals surface area contributed by atoms with Gasteiger partial charge < -0.3 is 4.98 Å². The second-order valence-electron chi connectivity index (χ2n) is 3.22. The minimum Gasteiger partial charge on any atom is -0.349 e. The lowest BCUT2D eigenvalue weighted by molar-refractivity contribution is 0.874.